The van der Waals surface area contributed by atoms with Crippen molar-refractivity contribution in [1.29, 1.82) is 0 Å². The second kappa shape index (κ2) is 7.01. The minimum atomic E-state index is -0.433. The highest BCUT2D eigenvalue weighted by Gasteiger charge is 2.42. The average Bonchev–Trinajstić information content (AvgIpc) is 2.89. The molecule has 0 saturated carbocycles. The SMILES string of the molecule is CN1C(=O)C[C@@H](C(=O)NCc2cccnc2)[C@H]1c1cccc(Cl)c1. The molecule has 0 aliphatic carbocycles. The highest BCUT2D eigenvalue weighted by atomic mass is 35.5. The quantitative estimate of drug-likeness (QED) is 0.928. The molecule has 1 aromatic heterocycles. The summed E-state index contributed by atoms with van der Waals surface area (Å²) in [6, 6.07) is 10.7. The number of aromatic nitrogens is 1. The maximum atomic E-state index is 12.6. The first-order chi connectivity index (χ1) is 11.6. The van der Waals surface area contributed by atoms with Crippen LogP contribution in [-0.2, 0) is 16.1 Å². The van der Waals surface area contributed by atoms with Gasteiger partial charge in [-0.25, -0.2) is 0 Å². The third-order valence-electron chi connectivity index (χ3n) is 4.30. The van der Waals surface area contributed by atoms with E-state index in [-0.39, 0.29) is 24.3 Å². The van der Waals surface area contributed by atoms with Gasteiger partial charge in [0.05, 0.1) is 12.0 Å². The molecule has 24 heavy (non-hydrogen) atoms. The van der Waals surface area contributed by atoms with Gasteiger partial charge in [-0.1, -0.05) is 29.8 Å². The topological polar surface area (TPSA) is 62.3 Å². The Morgan fingerprint density at radius 3 is 2.92 bits per heavy atom. The highest BCUT2D eigenvalue weighted by molar-refractivity contribution is 6.30. The van der Waals surface area contributed by atoms with Crippen molar-refractivity contribution in [2.45, 2.75) is 19.0 Å². The number of nitrogens with one attached hydrogen (secondary N) is 1. The molecule has 5 nitrogen and oxygen atoms in total. The number of pyridine rings is 1. The largest absolute Gasteiger partial charge is 0.352 e. The second-order valence-corrected chi connectivity index (χ2v) is 6.33. The average molecular weight is 344 g/mol. The number of likely N-dealkylation sites (tertiary alicyclic amines) is 1. The third-order valence-corrected chi connectivity index (χ3v) is 4.54. The number of hydrogen-bond acceptors (Lipinski definition) is 3. The Balaban J connectivity index is 1.77. The number of carbonyl (C=O) groups is 2. The Labute approximate surface area is 145 Å². The highest BCUT2D eigenvalue weighted by Crippen LogP contribution is 2.37. The number of hydrogen-bond donors (Lipinski definition) is 1. The molecule has 1 saturated heterocycles. The number of rotatable bonds is 4. The van der Waals surface area contributed by atoms with Crippen LogP contribution in [0.25, 0.3) is 0 Å². The molecule has 2 aromatic rings. The van der Waals surface area contributed by atoms with Gasteiger partial charge in [0.25, 0.3) is 0 Å². The van der Waals surface area contributed by atoms with E-state index in [1.165, 1.54) is 0 Å². The number of amides is 2. The first-order valence-corrected chi connectivity index (χ1v) is 8.12. The smallest absolute Gasteiger partial charge is 0.226 e. The van der Waals surface area contributed by atoms with Crippen molar-refractivity contribution in [3.63, 3.8) is 0 Å². The zero-order chi connectivity index (χ0) is 17.1. The third kappa shape index (κ3) is 3.41. The van der Waals surface area contributed by atoms with E-state index in [9.17, 15) is 9.59 Å². The monoisotopic (exact) mass is 343 g/mol. The summed E-state index contributed by atoms with van der Waals surface area (Å²) >= 11 is 6.06. The molecule has 0 unspecified atom stereocenters. The normalized spacial score (nSPS) is 20.2. The van der Waals surface area contributed by atoms with Gasteiger partial charge in [-0.15, -0.1) is 0 Å². The first kappa shape index (κ1) is 16.5. The molecule has 0 bridgehead atoms. The Kier molecular flexibility index (Phi) is 4.81. The molecule has 6 heteroatoms. The molecule has 2 amide bonds. The van der Waals surface area contributed by atoms with Gasteiger partial charge in [-0.05, 0) is 29.3 Å². The van der Waals surface area contributed by atoms with Crippen LogP contribution in [0.3, 0.4) is 0 Å². The van der Waals surface area contributed by atoms with Crippen LogP contribution >= 0.6 is 11.6 Å². The summed E-state index contributed by atoms with van der Waals surface area (Å²) in [5.74, 6) is -0.610. The van der Waals surface area contributed by atoms with Crippen molar-refractivity contribution >= 4 is 23.4 Å². The summed E-state index contributed by atoms with van der Waals surface area (Å²) in [6.07, 6.45) is 3.60. The molecule has 1 aliphatic rings. The Morgan fingerprint density at radius 2 is 2.21 bits per heavy atom. The summed E-state index contributed by atoms with van der Waals surface area (Å²) in [4.78, 5) is 30.4. The zero-order valence-corrected chi connectivity index (χ0v) is 14.0. The van der Waals surface area contributed by atoms with E-state index in [4.69, 9.17) is 11.6 Å². The predicted octanol–water partition coefficient (Wildman–Crippen LogP) is 2.57. The molecule has 0 spiro atoms. The lowest BCUT2D eigenvalue weighted by atomic mass is 9.93. The lowest BCUT2D eigenvalue weighted by molar-refractivity contribution is -0.128. The van der Waals surface area contributed by atoms with Crippen molar-refractivity contribution in [2.75, 3.05) is 7.05 Å². The maximum Gasteiger partial charge on any atom is 0.226 e. The lowest BCUT2D eigenvalue weighted by Gasteiger charge is -2.25. The van der Waals surface area contributed by atoms with Crippen LogP contribution in [0.5, 0.6) is 0 Å². The summed E-state index contributed by atoms with van der Waals surface area (Å²) in [7, 11) is 1.72. The fourth-order valence-electron chi connectivity index (χ4n) is 3.07. The second-order valence-electron chi connectivity index (χ2n) is 5.89. The first-order valence-electron chi connectivity index (χ1n) is 7.74. The summed E-state index contributed by atoms with van der Waals surface area (Å²) < 4.78 is 0. The maximum absolute atomic E-state index is 12.6. The molecule has 2 heterocycles. The van der Waals surface area contributed by atoms with Gasteiger partial charge < -0.3 is 10.2 Å². The molecule has 124 valence electrons. The lowest BCUT2D eigenvalue weighted by Crippen LogP contribution is -2.34. The summed E-state index contributed by atoms with van der Waals surface area (Å²) in [5, 5.41) is 3.50. The van der Waals surface area contributed by atoms with Gasteiger partial charge >= 0.3 is 0 Å². The standard InChI is InChI=1S/C18H18ClN3O2/c1-22-16(23)9-15(17(22)13-5-2-6-14(19)8-13)18(24)21-11-12-4-3-7-20-10-12/h2-8,10,15,17H,9,11H2,1H3,(H,21,24)/t15-,17-/m1/s1. The van der Waals surface area contributed by atoms with Crippen molar-refractivity contribution < 1.29 is 9.59 Å². The van der Waals surface area contributed by atoms with Crippen LogP contribution in [0.4, 0.5) is 0 Å². The van der Waals surface area contributed by atoms with Crippen LogP contribution in [0.2, 0.25) is 5.02 Å². The molecule has 1 N–H and O–H groups in total. The Hall–Kier alpha value is -2.40. The molecule has 1 aromatic carbocycles. The van der Waals surface area contributed by atoms with E-state index < -0.39 is 5.92 Å². The molecule has 1 fully saturated rings. The van der Waals surface area contributed by atoms with Crippen LogP contribution < -0.4 is 5.32 Å². The van der Waals surface area contributed by atoms with Crippen molar-refractivity contribution in [1.82, 2.24) is 15.2 Å². The van der Waals surface area contributed by atoms with Crippen LogP contribution in [-0.4, -0.2) is 28.7 Å². The molecule has 1 aliphatic heterocycles. The predicted molar refractivity (Wildman–Crippen MR) is 91.2 cm³/mol. The Bertz CT molecular complexity index is 751. The molecular formula is C18H18ClN3O2. The van der Waals surface area contributed by atoms with Crippen molar-refractivity contribution in [3.8, 4) is 0 Å². The molecule has 0 radical (unpaired) electrons. The summed E-state index contributed by atoms with van der Waals surface area (Å²) in [5.41, 5.74) is 1.79. The Morgan fingerprint density at radius 1 is 1.38 bits per heavy atom. The number of carbonyl (C=O) groups excluding carboxylic acids is 2. The minimum absolute atomic E-state index is 0.0403. The molecule has 3 rings (SSSR count). The van der Waals surface area contributed by atoms with Crippen LogP contribution in [0.1, 0.15) is 23.6 Å². The van der Waals surface area contributed by atoms with E-state index >= 15 is 0 Å². The van der Waals surface area contributed by atoms with Gasteiger partial charge in [0.1, 0.15) is 0 Å². The van der Waals surface area contributed by atoms with E-state index in [0.29, 0.717) is 11.6 Å². The molecular weight excluding hydrogens is 326 g/mol. The van der Waals surface area contributed by atoms with Crippen LogP contribution in [0.15, 0.2) is 48.8 Å². The van der Waals surface area contributed by atoms with Crippen molar-refractivity contribution in [2.24, 2.45) is 5.92 Å². The number of benzene rings is 1. The van der Waals surface area contributed by atoms with Gasteiger partial charge in [-0.3, -0.25) is 14.6 Å². The van der Waals surface area contributed by atoms with E-state index in [1.54, 1.807) is 30.4 Å². The van der Waals surface area contributed by atoms with Gasteiger partial charge in [-0.2, -0.15) is 0 Å². The van der Waals surface area contributed by atoms with Gasteiger partial charge in [0.2, 0.25) is 11.8 Å². The fraction of sp³-hybridized carbons (Fsp3) is 0.278. The minimum Gasteiger partial charge on any atom is -0.352 e. The fourth-order valence-corrected chi connectivity index (χ4v) is 3.27. The van der Waals surface area contributed by atoms with Gasteiger partial charge in [0, 0.05) is 37.4 Å². The number of nitrogens with zero attached hydrogens (tertiary/aromatic N) is 2. The van der Waals surface area contributed by atoms with E-state index in [0.717, 1.165) is 11.1 Å². The summed E-state index contributed by atoms with van der Waals surface area (Å²) in [6.45, 7) is 0.392. The van der Waals surface area contributed by atoms with Crippen molar-refractivity contribution in [3.05, 3.63) is 64.9 Å². The van der Waals surface area contributed by atoms with Gasteiger partial charge in [0.15, 0.2) is 0 Å². The molecule has 2 atom stereocenters. The van der Waals surface area contributed by atoms with Crippen LogP contribution in [0, 0.1) is 5.92 Å². The van der Waals surface area contributed by atoms with E-state index in [2.05, 4.69) is 10.3 Å². The van der Waals surface area contributed by atoms with E-state index in [1.807, 2.05) is 30.3 Å². The zero-order valence-electron chi connectivity index (χ0n) is 13.3. The number of halogens is 1.